The van der Waals surface area contributed by atoms with Crippen molar-refractivity contribution in [2.75, 3.05) is 30.4 Å². The van der Waals surface area contributed by atoms with Crippen molar-refractivity contribution in [2.45, 2.75) is 44.3 Å². The van der Waals surface area contributed by atoms with Gasteiger partial charge in [0.05, 0.1) is 19.5 Å². The van der Waals surface area contributed by atoms with Crippen LogP contribution in [0.15, 0.2) is 30.6 Å². The van der Waals surface area contributed by atoms with Gasteiger partial charge >= 0.3 is 0 Å². The van der Waals surface area contributed by atoms with Crippen molar-refractivity contribution in [1.29, 1.82) is 0 Å². The Kier molecular flexibility index (Phi) is 7.50. The van der Waals surface area contributed by atoms with Crippen molar-refractivity contribution < 1.29 is 17.9 Å². The summed E-state index contributed by atoms with van der Waals surface area (Å²) in [6.07, 6.45) is 4.29. The van der Waals surface area contributed by atoms with Gasteiger partial charge in [-0.1, -0.05) is 13.0 Å². The van der Waals surface area contributed by atoms with Crippen LogP contribution in [0.1, 0.15) is 49.3 Å². The third kappa shape index (κ3) is 5.08. The quantitative estimate of drug-likeness (QED) is 0.453. The number of thioether (sulfide) groups is 1. The molecule has 2 aromatic heterocycles. The second-order valence-electron chi connectivity index (χ2n) is 8.55. The van der Waals surface area contributed by atoms with E-state index >= 15 is 0 Å². The van der Waals surface area contributed by atoms with Crippen LogP contribution in [-0.2, 0) is 10.0 Å². The second kappa shape index (κ2) is 10.4. The zero-order valence-electron chi connectivity index (χ0n) is 20.4. The summed E-state index contributed by atoms with van der Waals surface area (Å²) in [6.45, 7) is 5.31. The van der Waals surface area contributed by atoms with Crippen LogP contribution in [0.3, 0.4) is 0 Å². The minimum absolute atomic E-state index is 0.0866. The average Bonchev–Trinajstić information content (AvgIpc) is 3.52. The van der Waals surface area contributed by atoms with E-state index in [0.717, 1.165) is 23.5 Å². The van der Waals surface area contributed by atoms with Crippen LogP contribution in [0, 0.1) is 6.92 Å². The summed E-state index contributed by atoms with van der Waals surface area (Å²) >= 11 is 1.83. The van der Waals surface area contributed by atoms with Crippen LogP contribution >= 0.6 is 11.8 Å². The number of hydrogen-bond donors (Lipinski definition) is 1. The van der Waals surface area contributed by atoms with E-state index < -0.39 is 21.2 Å². The SMILES string of the molecule is COc1cccc(OC)c1-n1c(NS(=O)(=O)C(C)C(C)c2ncc(C)cn2)nnc1[C@H]1CCSC1. The highest BCUT2D eigenvalue weighted by Gasteiger charge is 2.34. The first-order valence-electron chi connectivity index (χ1n) is 11.3. The standard InChI is InChI=1S/C23H30N6O4S2/c1-14-11-24-21(25-12-14)15(2)16(3)35(30,31)28-23-27-26-22(17-9-10-34-13-17)29(23)20-18(32-4)7-6-8-19(20)33-5/h6-8,11-12,15-17H,9-10,13H2,1-5H3,(H,27,28)/t15?,16?,17-/m0/s1. The first kappa shape index (κ1) is 25.2. The van der Waals surface area contributed by atoms with Crippen LogP contribution < -0.4 is 14.2 Å². The maximum atomic E-state index is 13.5. The van der Waals surface area contributed by atoms with Gasteiger partial charge in [-0.3, -0.25) is 9.29 Å². The number of methoxy groups -OCH3 is 2. The van der Waals surface area contributed by atoms with Gasteiger partial charge in [-0.2, -0.15) is 11.8 Å². The van der Waals surface area contributed by atoms with Crippen LogP contribution in [-0.4, -0.2) is 64.1 Å². The number of para-hydroxylation sites is 1. The molecule has 2 unspecified atom stereocenters. The summed E-state index contributed by atoms with van der Waals surface area (Å²) in [7, 11) is -0.774. The Hall–Kier alpha value is -2.86. The summed E-state index contributed by atoms with van der Waals surface area (Å²) in [5.41, 5.74) is 1.46. The molecular formula is C23H30N6O4S2. The molecule has 35 heavy (non-hydrogen) atoms. The number of benzene rings is 1. The molecule has 1 saturated heterocycles. The molecule has 0 spiro atoms. The molecule has 1 fully saturated rings. The molecule has 1 aliphatic rings. The van der Waals surface area contributed by atoms with Gasteiger partial charge in [0.1, 0.15) is 28.8 Å². The van der Waals surface area contributed by atoms with Gasteiger partial charge in [0, 0.05) is 30.0 Å². The van der Waals surface area contributed by atoms with Crippen LogP contribution in [0.25, 0.3) is 5.69 Å². The van der Waals surface area contributed by atoms with Crippen molar-refractivity contribution in [2.24, 2.45) is 0 Å². The number of nitrogens with one attached hydrogen (secondary N) is 1. The first-order chi connectivity index (χ1) is 16.8. The Morgan fingerprint density at radius 3 is 2.34 bits per heavy atom. The van der Waals surface area contributed by atoms with Gasteiger partial charge in [-0.05, 0) is 43.7 Å². The molecule has 4 rings (SSSR count). The first-order valence-corrected chi connectivity index (χ1v) is 14.0. The number of nitrogens with zero attached hydrogens (tertiary/aromatic N) is 5. The summed E-state index contributed by atoms with van der Waals surface area (Å²) in [5, 5.41) is 7.86. The van der Waals surface area contributed by atoms with Crippen LogP contribution in [0.2, 0.25) is 0 Å². The largest absolute Gasteiger partial charge is 0.494 e. The van der Waals surface area contributed by atoms with E-state index in [9.17, 15) is 8.42 Å². The Bertz CT molecular complexity index is 1250. The number of aromatic nitrogens is 5. The lowest BCUT2D eigenvalue weighted by atomic mass is 10.1. The third-order valence-electron chi connectivity index (χ3n) is 6.24. The van der Waals surface area contributed by atoms with Crippen molar-refractivity contribution >= 4 is 27.7 Å². The van der Waals surface area contributed by atoms with Crippen LogP contribution in [0.5, 0.6) is 11.5 Å². The third-order valence-corrected chi connectivity index (χ3v) is 9.26. The number of aryl methyl sites for hydroxylation is 1. The van der Waals surface area contributed by atoms with Crippen molar-refractivity contribution in [1.82, 2.24) is 24.7 Å². The fourth-order valence-electron chi connectivity index (χ4n) is 3.97. The number of anilines is 1. The summed E-state index contributed by atoms with van der Waals surface area (Å²) in [4.78, 5) is 8.63. The molecule has 3 heterocycles. The molecule has 0 amide bonds. The Labute approximate surface area is 209 Å². The van der Waals surface area contributed by atoms with E-state index in [1.54, 1.807) is 57.2 Å². The zero-order chi connectivity index (χ0) is 25.2. The maximum Gasteiger partial charge on any atom is 0.243 e. The Morgan fingerprint density at radius 2 is 1.77 bits per heavy atom. The molecule has 1 aliphatic heterocycles. The average molecular weight is 519 g/mol. The number of hydrogen-bond acceptors (Lipinski definition) is 9. The monoisotopic (exact) mass is 518 g/mol. The van der Waals surface area contributed by atoms with E-state index in [4.69, 9.17) is 9.47 Å². The molecule has 10 nitrogen and oxygen atoms in total. The fourth-order valence-corrected chi connectivity index (χ4v) is 6.42. The predicted octanol–water partition coefficient (Wildman–Crippen LogP) is 3.54. The van der Waals surface area contributed by atoms with Gasteiger partial charge in [-0.15, -0.1) is 10.2 Å². The Morgan fingerprint density at radius 1 is 1.11 bits per heavy atom. The number of ether oxygens (including phenoxy) is 2. The molecule has 1 aromatic carbocycles. The number of rotatable bonds is 9. The maximum absolute atomic E-state index is 13.5. The minimum Gasteiger partial charge on any atom is -0.494 e. The molecule has 0 radical (unpaired) electrons. The van der Waals surface area contributed by atoms with Gasteiger partial charge in [-0.25, -0.2) is 18.4 Å². The zero-order valence-corrected chi connectivity index (χ0v) is 22.1. The highest BCUT2D eigenvalue weighted by Crippen LogP contribution is 2.40. The lowest BCUT2D eigenvalue weighted by Crippen LogP contribution is -2.31. The molecular weight excluding hydrogens is 488 g/mol. The second-order valence-corrected chi connectivity index (χ2v) is 11.7. The van der Waals surface area contributed by atoms with Crippen LogP contribution in [0.4, 0.5) is 5.95 Å². The van der Waals surface area contributed by atoms with E-state index in [1.165, 1.54) is 0 Å². The minimum atomic E-state index is -3.89. The van der Waals surface area contributed by atoms with E-state index in [0.29, 0.717) is 28.8 Å². The Balaban J connectivity index is 1.76. The summed E-state index contributed by atoms with van der Waals surface area (Å²) < 4.78 is 42.6. The topological polar surface area (TPSA) is 121 Å². The van der Waals surface area contributed by atoms with Gasteiger partial charge in [0.25, 0.3) is 0 Å². The lowest BCUT2D eigenvalue weighted by molar-refractivity contribution is 0.390. The van der Waals surface area contributed by atoms with Crippen molar-refractivity contribution in [3.8, 4) is 17.2 Å². The fraction of sp³-hybridized carbons (Fsp3) is 0.478. The molecule has 0 aliphatic carbocycles. The molecule has 0 bridgehead atoms. The summed E-state index contributed by atoms with van der Waals surface area (Å²) in [6, 6.07) is 5.40. The van der Waals surface area contributed by atoms with Gasteiger partial charge in [0.2, 0.25) is 16.0 Å². The van der Waals surface area contributed by atoms with Gasteiger partial charge in [0.15, 0.2) is 0 Å². The highest BCUT2D eigenvalue weighted by molar-refractivity contribution is 7.99. The van der Waals surface area contributed by atoms with Crippen molar-refractivity contribution in [3.63, 3.8) is 0 Å². The molecule has 188 valence electrons. The normalized spacial score (nSPS) is 17.7. The smallest absolute Gasteiger partial charge is 0.243 e. The van der Waals surface area contributed by atoms with E-state index in [2.05, 4.69) is 24.9 Å². The van der Waals surface area contributed by atoms with Crippen molar-refractivity contribution in [3.05, 3.63) is 47.8 Å². The molecule has 3 atom stereocenters. The van der Waals surface area contributed by atoms with E-state index in [-0.39, 0.29) is 11.9 Å². The molecule has 3 aromatic rings. The molecule has 0 saturated carbocycles. The highest BCUT2D eigenvalue weighted by atomic mass is 32.2. The number of sulfonamides is 1. The lowest BCUT2D eigenvalue weighted by Gasteiger charge is -2.22. The molecule has 12 heteroatoms. The predicted molar refractivity (Wildman–Crippen MR) is 136 cm³/mol. The van der Waals surface area contributed by atoms with Gasteiger partial charge < -0.3 is 9.47 Å². The van der Waals surface area contributed by atoms with E-state index in [1.807, 2.05) is 24.8 Å². The molecule has 1 N–H and O–H groups in total. The summed E-state index contributed by atoms with van der Waals surface area (Å²) in [5.74, 6) is 3.81.